The van der Waals surface area contributed by atoms with E-state index in [1.807, 2.05) is 6.92 Å². The van der Waals surface area contributed by atoms with Gasteiger partial charge in [-0.2, -0.15) is 5.10 Å². The Labute approximate surface area is 148 Å². The zero-order valence-corrected chi connectivity index (χ0v) is 14.2. The average molecular weight is 356 g/mol. The minimum Gasteiger partial charge on any atom is -0.487 e. The third-order valence-electron chi connectivity index (χ3n) is 4.18. The van der Waals surface area contributed by atoms with Gasteiger partial charge in [0.2, 0.25) is 0 Å². The van der Waals surface area contributed by atoms with Crippen molar-refractivity contribution in [3.8, 4) is 5.75 Å². The summed E-state index contributed by atoms with van der Waals surface area (Å²) in [7, 11) is 0. The number of pyridine rings is 1. The van der Waals surface area contributed by atoms with Gasteiger partial charge in [-0.05, 0) is 44.2 Å². The number of halogens is 1. The van der Waals surface area contributed by atoms with Gasteiger partial charge < -0.3 is 14.8 Å². The van der Waals surface area contributed by atoms with E-state index in [-0.39, 0.29) is 24.2 Å². The molecule has 0 fully saturated rings. The lowest BCUT2D eigenvalue weighted by Gasteiger charge is -2.21. The fraction of sp³-hybridized carbons (Fsp3) is 0.278. The Morgan fingerprint density at radius 2 is 2.08 bits per heavy atom. The lowest BCUT2D eigenvalue weighted by molar-refractivity contribution is 0.0335. The van der Waals surface area contributed by atoms with Crippen molar-refractivity contribution in [3.63, 3.8) is 0 Å². The van der Waals surface area contributed by atoms with Gasteiger partial charge in [0.15, 0.2) is 5.69 Å². The number of aromatic nitrogens is 3. The van der Waals surface area contributed by atoms with E-state index in [2.05, 4.69) is 20.5 Å². The third-order valence-corrected chi connectivity index (χ3v) is 4.18. The summed E-state index contributed by atoms with van der Waals surface area (Å²) in [6, 6.07) is 7.59. The largest absolute Gasteiger partial charge is 0.487 e. The van der Waals surface area contributed by atoms with Crippen LogP contribution in [0.15, 0.2) is 30.3 Å². The fourth-order valence-electron chi connectivity index (χ4n) is 2.90. The van der Waals surface area contributed by atoms with Crippen LogP contribution in [0.3, 0.4) is 0 Å². The summed E-state index contributed by atoms with van der Waals surface area (Å²) in [5.74, 6) is 0.115. The molecule has 1 aliphatic heterocycles. The molecule has 2 N–H and O–H groups in total. The zero-order valence-electron chi connectivity index (χ0n) is 14.2. The maximum absolute atomic E-state index is 13.8. The van der Waals surface area contributed by atoms with Crippen LogP contribution < -0.4 is 10.1 Å². The van der Waals surface area contributed by atoms with Gasteiger partial charge in [-0.25, -0.2) is 14.2 Å². The highest BCUT2D eigenvalue weighted by molar-refractivity contribution is 6.00. The van der Waals surface area contributed by atoms with Crippen LogP contribution in [0.1, 0.15) is 35.9 Å². The molecule has 0 spiro atoms. The maximum atomic E-state index is 13.8. The molecule has 7 nitrogen and oxygen atoms in total. The van der Waals surface area contributed by atoms with Crippen LogP contribution >= 0.6 is 0 Å². The Kier molecular flexibility index (Phi) is 3.95. The first kappa shape index (κ1) is 16.3. The molecule has 2 atom stereocenters. The molecule has 0 saturated carbocycles. The van der Waals surface area contributed by atoms with E-state index < -0.39 is 12.1 Å². The highest BCUT2D eigenvalue weighted by atomic mass is 19.1. The second kappa shape index (κ2) is 6.29. The van der Waals surface area contributed by atoms with Crippen LogP contribution in [0.25, 0.3) is 11.0 Å². The Morgan fingerprint density at radius 3 is 2.92 bits per heavy atom. The van der Waals surface area contributed by atoms with E-state index in [4.69, 9.17) is 9.47 Å². The van der Waals surface area contributed by atoms with Crippen LogP contribution in [-0.2, 0) is 4.74 Å². The van der Waals surface area contributed by atoms with Crippen LogP contribution in [0.2, 0.25) is 0 Å². The molecule has 0 saturated heterocycles. The van der Waals surface area contributed by atoms with Gasteiger partial charge in [0, 0.05) is 5.56 Å². The fourth-order valence-corrected chi connectivity index (χ4v) is 2.90. The molecule has 3 aromatic rings. The van der Waals surface area contributed by atoms with Gasteiger partial charge in [-0.15, -0.1) is 0 Å². The molecule has 2 aromatic heterocycles. The zero-order chi connectivity index (χ0) is 18.3. The summed E-state index contributed by atoms with van der Waals surface area (Å²) >= 11 is 0. The van der Waals surface area contributed by atoms with Crippen molar-refractivity contribution in [1.29, 1.82) is 0 Å². The van der Waals surface area contributed by atoms with Gasteiger partial charge in [0.05, 0.1) is 11.6 Å². The molecule has 0 aliphatic carbocycles. The van der Waals surface area contributed by atoms with Crippen LogP contribution in [-0.4, -0.2) is 33.9 Å². The van der Waals surface area contributed by atoms with E-state index in [0.29, 0.717) is 28.2 Å². The molecule has 0 radical (unpaired) electrons. The monoisotopic (exact) mass is 356 g/mol. The second-order valence-electron chi connectivity index (χ2n) is 6.24. The van der Waals surface area contributed by atoms with Crippen molar-refractivity contribution in [1.82, 2.24) is 15.2 Å². The van der Waals surface area contributed by atoms with Gasteiger partial charge in [0.1, 0.15) is 35.6 Å². The normalized spacial score (nSPS) is 20.2. The number of fused-ring (bicyclic) bond motifs is 2. The molecule has 1 aromatic carbocycles. The summed E-state index contributed by atoms with van der Waals surface area (Å²) in [6.45, 7) is 3.69. The highest BCUT2D eigenvalue weighted by Gasteiger charge is 2.22. The number of carbonyl (C=O) groups is 1. The maximum Gasteiger partial charge on any atom is 0.361 e. The predicted molar refractivity (Wildman–Crippen MR) is 92.7 cm³/mol. The number of ether oxygens (including phenoxy) is 2. The molecule has 134 valence electrons. The lowest BCUT2D eigenvalue weighted by atomic mass is 10.1. The number of nitrogens with one attached hydrogen (secondary N) is 2. The smallest absolute Gasteiger partial charge is 0.361 e. The van der Waals surface area contributed by atoms with Gasteiger partial charge in [0.25, 0.3) is 0 Å². The highest BCUT2D eigenvalue weighted by Crippen LogP contribution is 2.30. The van der Waals surface area contributed by atoms with Crippen molar-refractivity contribution in [2.24, 2.45) is 0 Å². The van der Waals surface area contributed by atoms with Gasteiger partial charge in [-0.3, -0.25) is 5.10 Å². The van der Waals surface area contributed by atoms with Crippen LogP contribution in [0.4, 0.5) is 10.2 Å². The number of carbonyl (C=O) groups excluding carboxylic acids is 1. The first-order valence-corrected chi connectivity index (χ1v) is 8.26. The number of benzene rings is 1. The molecular weight excluding hydrogens is 339 g/mol. The van der Waals surface area contributed by atoms with E-state index in [9.17, 15) is 9.18 Å². The molecule has 1 aliphatic rings. The molecule has 8 heteroatoms. The van der Waals surface area contributed by atoms with E-state index in [0.717, 1.165) is 0 Å². The van der Waals surface area contributed by atoms with Crippen LogP contribution in [0, 0.1) is 5.82 Å². The van der Waals surface area contributed by atoms with E-state index >= 15 is 0 Å². The lowest BCUT2D eigenvalue weighted by Crippen LogP contribution is -2.23. The number of hydrogen-bond acceptors (Lipinski definition) is 6. The number of H-pyrrole nitrogens is 1. The van der Waals surface area contributed by atoms with Crippen LogP contribution in [0.5, 0.6) is 5.75 Å². The Hall–Kier alpha value is -3.16. The first-order valence-electron chi connectivity index (χ1n) is 8.26. The Morgan fingerprint density at radius 1 is 1.23 bits per heavy atom. The molecular formula is C18H17FN4O3. The van der Waals surface area contributed by atoms with Gasteiger partial charge in [-0.1, -0.05) is 0 Å². The quantitative estimate of drug-likeness (QED) is 0.601. The molecule has 2 bridgehead atoms. The molecule has 4 rings (SSSR count). The number of nitrogens with zero attached hydrogens (tertiary/aromatic N) is 2. The molecule has 0 unspecified atom stereocenters. The number of hydrogen-bond donors (Lipinski definition) is 2. The van der Waals surface area contributed by atoms with Crippen molar-refractivity contribution in [2.75, 3.05) is 11.9 Å². The Balaban J connectivity index is 1.82. The summed E-state index contributed by atoms with van der Waals surface area (Å²) in [5, 5.41) is 9.99. The SMILES string of the molecule is C[C@H]1COC(=O)c2n[nH]c3ccc(nc23)N[C@H](C)c2cc(F)ccc2O1. The topological polar surface area (TPSA) is 89.1 Å². The van der Waals surface area contributed by atoms with Crippen molar-refractivity contribution >= 4 is 22.8 Å². The minimum atomic E-state index is -0.581. The molecule has 3 heterocycles. The second-order valence-corrected chi connectivity index (χ2v) is 6.24. The minimum absolute atomic E-state index is 0.0332. The summed E-state index contributed by atoms with van der Waals surface area (Å²) in [5.41, 5.74) is 1.81. The number of anilines is 1. The predicted octanol–water partition coefficient (Wildman–Crippen LogP) is 3.21. The van der Waals surface area contributed by atoms with E-state index in [1.165, 1.54) is 12.1 Å². The summed E-state index contributed by atoms with van der Waals surface area (Å²) in [6.07, 6.45) is -0.415. The van der Waals surface area contributed by atoms with Gasteiger partial charge >= 0.3 is 5.97 Å². The summed E-state index contributed by atoms with van der Waals surface area (Å²) < 4.78 is 24.9. The molecule has 0 amide bonds. The standard InChI is InChI=1S/C18H17FN4O3/c1-9-8-25-18(24)17-16-13(22-23-17)4-6-15(21-16)20-10(2)12-7-11(19)3-5-14(12)26-9/h3-7,9-10H,8H2,1-2H3,(H,20,21)(H,22,23)/t9-,10+/m0/s1. The van der Waals surface area contributed by atoms with Crippen molar-refractivity contribution in [2.45, 2.75) is 26.0 Å². The number of esters is 1. The average Bonchev–Trinajstić information content (AvgIpc) is 3.03. The van der Waals surface area contributed by atoms with Crippen molar-refractivity contribution < 1.29 is 18.7 Å². The number of rotatable bonds is 0. The molecule has 26 heavy (non-hydrogen) atoms. The number of aromatic amines is 1. The third kappa shape index (κ3) is 2.94. The summed E-state index contributed by atoms with van der Waals surface area (Å²) in [4.78, 5) is 16.8. The van der Waals surface area contributed by atoms with Crippen molar-refractivity contribution in [3.05, 3.63) is 47.4 Å². The Bertz CT molecular complexity index is 988. The first-order chi connectivity index (χ1) is 12.5. The number of cyclic esters (lactones) is 1. The van der Waals surface area contributed by atoms with E-state index in [1.54, 1.807) is 25.1 Å².